The number of imidazole rings is 1. The van der Waals surface area contributed by atoms with Crippen LogP contribution in [0, 0.1) is 5.82 Å². The highest BCUT2D eigenvalue weighted by Gasteiger charge is 2.13. The average molecular weight is 336 g/mol. The molecule has 0 spiro atoms. The van der Waals surface area contributed by atoms with Crippen molar-refractivity contribution in [3.8, 4) is 17.0 Å². The van der Waals surface area contributed by atoms with Gasteiger partial charge in [-0.15, -0.1) is 0 Å². The van der Waals surface area contributed by atoms with Crippen molar-refractivity contribution in [2.24, 2.45) is 0 Å². The molecule has 0 atom stereocenters. The number of halogens is 2. The Morgan fingerprint density at radius 1 is 1.30 bits per heavy atom. The van der Waals surface area contributed by atoms with Gasteiger partial charge in [-0.1, -0.05) is 0 Å². The molecule has 6 heteroatoms. The summed E-state index contributed by atoms with van der Waals surface area (Å²) >= 11 is 3.38. The van der Waals surface area contributed by atoms with Crippen molar-refractivity contribution in [3.05, 3.63) is 46.8 Å². The first kappa shape index (κ1) is 12.9. The molecule has 0 radical (unpaired) electrons. The highest BCUT2D eigenvalue weighted by atomic mass is 79.9. The van der Waals surface area contributed by atoms with Crippen LogP contribution < -0.4 is 10.5 Å². The van der Waals surface area contributed by atoms with Crippen LogP contribution in [0.1, 0.15) is 0 Å². The molecule has 3 rings (SSSR count). The van der Waals surface area contributed by atoms with Crippen LogP contribution >= 0.6 is 15.9 Å². The van der Waals surface area contributed by atoms with Crippen LogP contribution in [-0.4, -0.2) is 16.5 Å². The summed E-state index contributed by atoms with van der Waals surface area (Å²) in [6.45, 7) is 0. The lowest BCUT2D eigenvalue weighted by Gasteiger charge is -2.04. The lowest BCUT2D eigenvalue weighted by molar-refractivity contribution is 0.386. The maximum absolute atomic E-state index is 13.8. The molecule has 2 N–H and O–H groups in total. The Bertz CT molecular complexity index is 800. The van der Waals surface area contributed by atoms with Gasteiger partial charge in [0.05, 0.1) is 7.11 Å². The Hall–Kier alpha value is -2.08. The van der Waals surface area contributed by atoms with Gasteiger partial charge in [0.25, 0.3) is 0 Å². The summed E-state index contributed by atoms with van der Waals surface area (Å²) in [6, 6.07) is 8.37. The summed E-state index contributed by atoms with van der Waals surface area (Å²) in [5.41, 5.74) is 7.95. The Kier molecular flexibility index (Phi) is 3.10. The van der Waals surface area contributed by atoms with E-state index in [4.69, 9.17) is 10.5 Å². The molecule has 2 aromatic heterocycles. The molecular formula is C14H11BrFN3O. The fourth-order valence-electron chi connectivity index (χ4n) is 2.06. The number of benzene rings is 1. The van der Waals surface area contributed by atoms with E-state index < -0.39 is 5.82 Å². The summed E-state index contributed by atoms with van der Waals surface area (Å²) in [7, 11) is 1.43. The molecule has 0 aliphatic carbocycles. The van der Waals surface area contributed by atoms with Crippen LogP contribution in [-0.2, 0) is 0 Å². The summed E-state index contributed by atoms with van der Waals surface area (Å²) in [5.74, 6) is 0.215. The van der Waals surface area contributed by atoms with Crippen LogP contribution in [0.3, 0.4) is 0 Å². The van der Waals surface area contributed by atoms with Crippen molar-refractivity contribution in [3.63, 3.8) is 0 Å². The van der Waals surface area contributed by atoms with Gasteiger partial charge in [0.1, 0.15) is 17.2 Å². The minimum atomic E-state index is -0.442. The van der Waals surface area contributed by atoms with Crippen LogP contribution in [0.25, 0.3) is 16.9 Å². The first-order valence-electron chi connectivity index (χ1n) is 5.87. The number of nitrogens with zero attached hydrogens (tertiary/aromatic N) is 2. The van der Waals surface area contributed by atoms with Gasteiger partial charge in [0.2, 0.25) is 0 Å². The molecular weight excluding hydrogens is 325 g/mol. The van der Waals surface area contributed by atoms with Gasteiger partial charge in [0.15, 0.2) is 11.6 Å². The van der Waals surface area contributed by atoms with Gasteiger partial charge in [-0.2, -0.15) is 0 Å². The minimum Gasteiger partial charge on any atom is -0.494 e. The summed E-state index contributed by atoms with van der Waals surface area (Å²) in [5, 5.41) is 0. The Morgan fingerprint density at radius 3 is 2.80 bits per heavy atom. The molecule has 102 valence electrons. The second kappa shape index (κ2) is 4.79. The zero-order chi connectivity index (χ0) is 14.3. The van der Waals surface area contributed by atoms with Crippen molar-refractivity contribution in [2.75, 3.05) is 12.8 Å². The Balaban J connectivity index is 2.19. The largest absolute Gasteiger partial charge is 0.494 e. The Labute approximate surface area is 123 Å². The normalized spacial score (nSPS) is 10.9. The summed E-state index contributed by atoms with van der Waals surface area (Å²) in [6.07, 6.45) is 1.82. The number of anilines is 1. The fraction of sp³-hybridized carbons (Fsp3) is 0.0714. The van der Waals surface area contributed by atoms with Crippen molar-refractivity contribution in [2.45, 2.75) is 0 Å². The van der Waals surface area contributed by atoms with E-state index >= 15 is 0 Å². The van der Waals surface area contributed by atoms with Crippen LogP contribution in [0.2, 0.25) is 0 Å². The average Bonchev–Trinajstić information content (AvgIpc) is 2.76. The highest BCUT2D eigenvalue weighted by Crippen LogP contribution is 2.30. The van der Waals surface area contributed by atoms with E-state index in [0.29, 0.717) is 22.7 Å². The van der Waals surface area contributed by atoms with Crippen LogP contribution in [0.4, 0.5) is 10.2 Å². The molecule has 4 nitrogen and oxygen atoms in total. The minimum absolute atomic E-state index is 0.193. The second-order valence-corrected chi connectivity index (χ2v) is 5.19. The molecule has 2 heterocycles. The number of fused-ring (bicyclic) bond motifs is 1. The Morgan fingerprint density at radius 2 is 2.10 bits per heavy atom. The number of nitrogen functional groups attached to an aromatic ring is 1. The third kappa shape index (κ3) is 2.02. The number of ether oxygens (including phenoxy) is 1. The number of pyridine rings is 1. The fourth-order valence-corrected chi connectivity index (χ4v) is 2.40. The zero-order valence-corrected chi connectivity index (χ0v) is 12.2. The number of methoxy groups -OCH3 is 1. The predicted molar refractivity (Wildman–Crippen MR) is 79.3 cm³/mol. The van der Waals surface area contributed by atoms with Crippen molar-refractivity contribution >= 4 is 27.4 Å². The quantitative estimate of drug-likeness (QED) is 0.779. The van der Waals surface area contributed by atoms with E-state index in [2.05, 4.69) is 20.9 Å². The van der Waals surface area contributed by atoms with Gasteiger partial charge in [-0.3, -0.25) is 4.40 Å². The number of hydrogen-bond donors (Lipinski definition) is 1. The van der Waals surface area contributed by atoms with Gasteiger partial charge in [0, 0.05) is 16.2 Å². The molecule has 0 saturated carbocycles. The van der Waals surface area contributed by atoms with Gasteiger partial charge >= 0.3 is 0 Å². The monoisotopic (exact) mass is 335 g/mol. The van der Waals surface area contributed by atoms with Crippen LogP contribution in [0.5, 0.6) is 5.75 Å². The van der Waals surface area contributed by atoms with E-state index in [1.54, 1.807) is 16.5 Å². The predicted octanol–water partition coefficient (Wildman–Crippen LogP) is 3.49. The highest BCUT2D eigenvalue weighted by molar-refractivity contribution is 9.10. The molecule has 1 aromatic carbocycles. The number of aromatic nitrogens is 2. The van der Waals surface area contributed by atoms with Gasteiger partial charge in [-0.05, 0) is 46.3 Å². The molecule has 0 amide bonds. The van der Waals surface area contributed by atoms with Crippen molar-refractivity contribution in [1.29, 1.82) is 0 Å². The molecule has 0 saturated heterocycles. The van der Waals surface area contributed by atoms with Crippen molar-refractivity contribution in [1.82, 2.24) is 9.38 Å². The molecule has 20 heavy (non-hydrogen) atoms. The van der Waals surface area contributed by atoms with E-state index in [0.717, 1.165) is 4.47 Å². The maximum Gasteiger partial charge on any atom is 0.165 e. The second-order valence-electron chi connectivity index (χ2n) is 4.27. The molecule has 0 unspecified atom stereocenters. The summed E-state index contributed by atoms with van der Waals surface area (Å²) < 4.78 is 21.3. The lowest BCUT2D eigenvalue weighted by Crippen LogP contribution is -1.94. The zero-order valence-electron chi connectivity index (χ0n) is 10.6. The van der Waals surface area contributed by atoms with Crippen molar-refractivity contribution < 1.29 is 9.13 Å². The number of hydrogen-bond acceptors (Lipinski definition) is 3. The number of nitrogens with two attached hydrogens (primary N) is 1. The topological polar surface area (TPSA) is 52.5 Å². The standard InChI is InChI=1S/C14H11BrFN3O/c1-20-11-4-2-8(6-10(11)16)13-14(17)19-7-9(15)3-5-12(19)18-13/h2-7H,17H2,1H3. The van der Waals surface area contributed by atoms with Gasteiger partial charge in [-0.25, -0.2) is 9.37 Å². The first-order valence-corrected chi connectivity index (χ1v) is 6.66. The van der Waals surface area contributed by atoms with E-state index in [1.165, 1.54) is 13.2 Å². The maximum atomic E-state index is 13.8. The third-order valence-electron chi connectivity index (χ3n) is 3.04. The molecule has 0 fully saturated rings. The summed E-state index contributed by atoms with van der Waals surface area (Å²) in [4.78, 5) is 4.43. The van der Waals surface area contributed by atoms with E-state index in [1.807, 2.05) is 18.3 Å². The molecule has 0 aliphatic rings. The lowest BCUT2D eigenvalue weighted by atomic mass is 10.1. The number of rotatable bonds is 2. The first-order chi connectivity index (χ1) is 9.60. The SMILES string of the molecule is COc1ccc(-c2nc3ccc(Br)cn3c2N)cc1F. The smallest absolute Gasteiger partial charge is 0.165 e. The van der Waals surface area contributed by atoms with E-state index in [-0.39, 0.29) is 5.75 Å². The molecule has 3 aromatic rings. The van der Waals surface area contributed by atoms with E-state index in [9.17, 15) is 4.39 Å². The molecule has 0 aliphatic heterocycles. The van der Waals surface area contributed by atoms with Crippen LogP contribution in [0.15, 0.2) is 41.0 Å². The van der Waals surface area contributed by atoms with Gasteiger partial charge < -0.3 is 10.5 Å². The molecule has 0 bridgehead atoms. The third-order valence-corrected chi connectivity index (χ3v) is 3.51.